The first-order chi connectivity index (χ1) is 14.6. The van der Waals surface area contributed by atoms with E-state index in [2.05, 4.69) is 15.4 Å². The Hall–Kier alpha value is -4.13. The molecule has 2 aromatic heterocycles. The molecule has 0 aliphatic carbocycles. The van der Waals surface area contributed by atoms with Crippen LogP contribution in [0.3, 0.4) is 0 Å². The molecule has 0 fully saturated rings. The fraction of sp³-hybridized carbons (Fsp3) is 0.0870. The molecule has 0 saturated heterocycles. The highest BCUT2D eigenvalue weighted by Crippen LogP contribution is 2.25. The quantitative estimate of drug-likeness (QED) is 0.479. The number of nitrogens with zero attached hydrogens (tertiary/aromatic N) is 2. The highest BCUT2D eigenvalue weighted by molar-refractivity contribution is 5.95. The molecular weight excluding hydrogens is 380 g/mol. The van der Waals surface area contributed by atoms with Crippen molar-refractivity contribution in [2.75, 3.05) is 11.9 Å². The van der Waals surface area contributed by atoms with Gasteiger partial charge in [0.05, 0.1) is 11.4 Å². The average Bonchev–Trinajstić information content (AvgIpc) is 3.44. The van der Waals surface area contributed by atoms with E-state index in [4.69, 9.17) is 4.74 Å². The standard InChI is InChI=1S/C23H20N4O3/c1-16-9-11-17(12-10-16)20-14-21(27(26-20)18-6-3-2-4-7-18)25-22(28)15-30-23(29)19-8-5-13-24-19/h2-14,24H,15H2,1H3,(H,25,28). The number of rotatable bonds is 6. The van der Waals surface area contributed by atoms with Gasteiger partial charge in [-0.2, -0.15) is 5.10 Å². The zero-order chi connectivity index (χ0) is 20.9. The van der Waals surface area contributed by atoms with Crippen LogP contribution in [0.4, 0.5) is 5.82 Å². The van der Waals surface area contributed by atoms with Crippen LogP contribution < -0.4 is 5.32 Å². The third-order valence-electron chi connectivity index (χ3n) is 4.48. The topological polar surface area (TPSA) is 89.0 Å². The molecule has 0 aliphatic rings. The molecule has 2 aromatic carbocycles. The first kappa shape index (κ1) is 19.2. The van der Waals surface area contributed by atoms with Crippen molar-refractivity contribution in [3.63, 3.8) is 0 Å². The predicted molar refractivity (Wildman–Crippen MR) is 113 cm³/mol. The Morgan fingerprint density at radius 2 is 1.80 bits per heavy atom. The summed E-state index contributed by atoms with van der Waals surface area (Å²) in [5.74, 6) is -0.563. The maximum Gasteiger partial charge on any atom is 0.355 e. The van der Waals surface area contributed by atoms with Crippen molar-refractivity contribution < 1.29 is 14.3 Å². The zero-order valence-corrected chi connectivity index (χ0v) is 16.3. The molecule has 0 atom stereocenters. The molecule has 0 spiro atoms. The number of hydrogen-bond acceptors (Lipinski definition) is 4. The van der Waals surface area contributed by atoms with Gasteiger partial charge in [-0.25, -0.2) is 9.48 Å². The average molecular weight is 400 g/mol. The van der Waals surface area contributed by atoms with Crippen LogP contribution in [0.25, 0.3) is 16.9 Å². The number of para-hydroxylation sites is 1. The van der Waals surface area contributed by atoms with Crippen LogP contribution in [-0.4, -0.2) is 33.2 Å². The minimum absolute atomic E-state index is 0.291. The van der Waals surface area contributed by atoms with E-state index >= 15 is 0 Å². The van der Waals surface area contributed by atoms with Crippen LogP contribution in [0.15, 0.2) is 79.0 Å². The van der Waals surface area contributed by atoms with E-state index in [1.54, 1.807) is 29.1 Å². The number of esters is 1. The van der Waals surface area contributed by atoms with E-state index in [-0.39, 0.29) is 0 Å². The number of amides is 1. The smallest absolute Gasteiger partial charge is 0.355 e. The van der Waals surface area contributed by atoms with Gasteiger partial charge in [0.1, 0.15) is 11.5 Å². The van der Waals surface area contributed by atoms with Gasteiger partial charge in [-0.1, -0.05) is 48.0 Å². The number of aromatic nitrogens is 3. The normalized spacial score (nSPS) is 10.6. The lowest BCUT2D eigenvalue weighted by molar-refractivity contribution is -0.119. The molecule has 0 saturated carbocycles. The Kier molecular flexibility index (Phi) is 5.43. The van der Waals surface area contributed by atoms with Gasteiger partial charge < -0.3 is 15.0 Å². The van der Waals surface area contributed by atoms with E-state index in [0.29, 0.717) is 11.5 Å². The number of ether oxygens (including phenoxy) is 1. The summed E-state index contributed by atoms with van der Waals surface area (Å²) in [6.07, 6.45) is 1.61. The summed E-state index contributed by atoms with van der Waals surface area (Å²) in [5, 5.41) is 7.44. The summed E-state index contributed by atoms with van der Waals surface area (Å²) in [7, 11) is 0. The summed E-state index contributed by atoms with van der Waals surface area (Å²) in [6, 6.07) is 22.5. The van der Waals surface area contributed by atoms with Crippen LogP contribution in [-0.2, 0) is 9.53 Å². The van der Waals surface area contributed by atoms with E-state index in [1.165, 1.54) is 0 Å². The predicted octanol–water partition coefficient (Wildman–Crippen LogP) is 3.97. The molecule has 7 nitrogen and oxygen atoms in total. The van der Waals surface area contributed by atoms with Gasteiger partial charge in [-0.15, -0.1) is 0 Å². The Morgan fingerprint density at radius 1 is 1.03 bits per heavy atom. The molecule has 0 unspecified atom stereocenters. The summed E-state index contributed by atoms with van der Waals surface area (Å²) in [5.41, 5.74) is 3.90. The van der Waals surface area contributed by atoms with Gasteiger partial charge >= 0.3 is 5.97 Å². The third kappa shape index (κ3) is 4.30. The molecular formula is C23H20N4O3. The molecule has 150 valence electrons. The van der Waals surface area contributed by atoms with Gasteiger partial charge in [0.25, 0.3) is 5.91 Å². The van der Waals surface area contributed by atoms with Crippen LogP contribution in [0.2, 0.25) is 0 Å². The lowest BCUT2D eigenvalue weighted by atomic mass is 10.1. The van der Waals surface area contributed by atoms with Crippen LogP contribution in [0.5, 0.6) is 0 Å². The number of H-pyrrole nitrogens is 1. The third-order valence-corrected chi connectivity index (χ3v) is 4.48. The maximum atomic E-state index is 12.4. The Labute approximate surface area is 173 Å². The highest BCUT2D eigenvalue weighted by Gasteiger charge is 2.16. The monoisotopic (exact) mass is 400 g/mol. The number of benzene rings is 2. The summed E-state index contributed by atoms with van der Waals surface area (Å²) in [4.78, 5) is 27.1. The van der Waals surface area contributed by atoms with Crippen LogP contribution in [0.1, 0.15) is 16.1 Å². The first-order valence-corrected chi connectivity index (χ1v) is 9.43. The van der Waals surface area contributed by atoms with Crippen molar-refractivity contribution >= 4 is 17.7 Å². The number of carbonyl (C=O) groups is 2. The Morgan fingerprint density at radius 3 is 2.50 bits per heavy atom. The second-order valence-corrected chi connectivity index (χ2v) is 6.74. The molecule has 1 amide bonds. The number of aryl methyl sites for hydroxylation is 1. The second-order valence-electron chi connectivity index (χ2n) is 6.74. The van der Waals surface area contributed by atoms with Gasteiger partial charge in [0.2, 0.25) is 0 Å². The zero-order valence-electron chi connectivity index (χ0n) is 16.3. The molecule has 4 aromatic rings. The highest BCUT2D eigenvalue weighted by atomic mass is 16.5. The van der Waals surface area contributed by atoms with Gasteiger partial charge in [-0.05, 0) is 31.2 Å². The van der Waals surface area contributed by atoms with E-state index in [1.807, 2.05) is 61.5 Å². The summed E-state index contributed by atoms with van der Waals surface area (Å²) >= 11 is 0. The van der Waals surface area contributed by atoms with Crippen LogP contribution >= 0.6 is 0 Å². The SMILES string of the molecule is Cc1ccc(-c2cc(NC(=O)COC(=O)c3ccc[nH]3)n(-c3ccccc3)n2)cc1. The molecule has 4 rings (SSSR count). The van der Waals surface area contributed by atoms with Crippen molar-refractivity contribution in [2.45, 2.75) is 6.92 Å². The van der Waals surface area contributed by atoms with Crippen LogP contribution in [0, 0.1) is 6.92 Å². The van der Waals surface area contributed by atoms with Gasteiger partial charge in [0.15, 0.2) is 6.61 Å². The molecule has 0 bridgehead atoms. The minimum atomic E-state index is -0.591. The summed E-state index contributed by atoms with van der Waals surface area (Å²) in [6.45, 7) is 1.62. The first-order valence-electron chi connectivity index (χ1n) is 9.43. The van der Waals surface area contributed by atoms with E-state index in [0.717, 1.165) is 22.5 Å². The van der Waals surface area contributed by atoms with Crippen molar-refractivity contribution in [1.82, 2.24) is 14.8 Å². The van der Waals surface area contributed by atoms with Crippen molar-refractivity contribution in [2.24, 2.45) is 0 Å². The molecule has 2 heterocycles. The van der Waals surface area contributed by atoms with E-state index < -0.39 is 18.5 Å². The van der Waals surface area contributed by atoms with E-state index in [9.17, 15) is 9.59 Å². The molecule has 2 N–H and O–H groups in total. The van der Waals surface area contributed by atoms with Crippen molar-refractivity contribution in [3.8, 4) is 16.9 Å². The Bertz CT molecular complexity index is 1150. The lowest BCUT2D eigenvalue weighted by Gasteiger charge is -2.09. The molecule has 30 heavy (non-hydrogen) atoms. The maximum absolute atomic E-state index is 12.4. The van der Waals surface area contributed by atoms with Gasteiger partial charge in [0, 0.05) is 17.8 Å². The number of hydrogen-bond donors (Lipinski definition) is 2. The summed E-state index contributed by atoms with van der Waals surface area (Å²) < 4.78 is 6.71. The van der Waals surface area contributed by atoms with Crippen molar-refractivity contribution in [3.05, 3.63) is 90.3 Å². The molecule has 7 heteroatoms. The number of aromatic amines is 1. The fourth-order valence-corrected chi connectivity index (χ4v) is 2.95. The molecule has 0 radical (unpaired) electrons. The Balaban J connectivity index is 1.55. The lowest BCUT2D eigenvalue weighted by Crippen LogP contribution is -2.22. The second kappa shape index (κ2) is 8.48. The largest absolute Gasteiger partial charge is 0.451 e. The minimum Gasteiger partial charge on any atom is -0.451 e. The van der Waals surface area contributed by atoms with Crippen molar-refractivity contribution in [1.29, 1.82) is 0 Å². The number of carbonyl (C=O) groups excluding carboxylic acids is 2. The number of anilines is 1. The number of nitrogens with one attached hydrogen (secondary N) is 2. The van der Waals surface area contributed by atoms with Gasteiger partial charge in [-0.3, -0.25) is 4.79 Å². The fourth-order valence-electron chi connectivity index (χ4n) is 2.95. The molecule has 0 aliphatic heterocycles.